The summed E-state index contributed by atoms with van der Waals surface area (Å²) in [4.78, 5) is 12.0. The van der Waals surface area contributed by atoms with Gasteiger partial charge < -0.3 is 14.8 Å². The van der Waals surface area contributed by atoms with Crippen LogP contribution in [0.25, 0.3) is 11.3 Å². The van der Waals surface area contributed by atoms with Gasteiger partial charge in [-0.05, 0) is 37.6 Å². The number of aromatic nitrogens is 2. The normalized spacial score (nSPS) is 14.0. The first-order valence-corrected chi connectivity index (χ1v) is 6.93. The monoisotopic (exact) mass is 287 g/mol. The summed E-state index contributed by atoms with van der Waals surface area (Å²) >= 11 is 0. The second-order valence-corrected chi connectivity index (χ2v) is 5.02. The lowest BCUT2D eigenvalue weighted by Crippen LogP contribution is -2.32. The van der Waals surface area contributed by atoms with Crippen LogP contribution in [-0.4, -0.2) is 28.9 Å². The second kappa shape index (κ2) is 5.47. The third-order valence-electron chi connectivity index (χ3n) is 3.48. The van der Waals surface area contributed by atoms with Gasteiger partial charge in [0, 0.05) is 11.6 Å². The van der Waals surface area contributed by atoms with E-state index < -0.39 is 0 Å². The number of rotatable bonds is 4. The van der Waals surface area contributed by atoms with Gasteiger partial charge >= 0.3 is 0 Å². The summed E-state index contributed by atoms with van der Waals surface area (Å²) in [5.74, 6) is 1.27. The van der Waals surface area contributed by atoms with Gasteiger partial charge in [0.2, 0.25) is 6.79 Å². The Labute approximate surface area is 122 Å². The Kier molecular flexibility index (Phi) is 3.51. The number of nitrogens with zero attached hydrogens (tertiary/aromatic N) is 1. The van der Waals surface area contributed by atoms with Gasteiger partial charge in [-0.25, -0.2) is 0 Å². The van der Waals surface area contributed by atoms with Crippen molar-refractivity contribution in [2.75, 3.05) is 6.79 Å². The zero-order valence-corrected chi connectivity index (χ0v) is 12.0. The highest BCUT2D eigenvalue weighted by Crippen LogP contribution is 2.35. The molecule has 1 aliphatic rings. The van der Waals surface area contributed by atoms with E-state index >= 15 is 0 Å². The van der Waals surface area contributed by atoms with Crippen LogP contribution in [0.1, 0.15) is 30.8 Å². The van der Waals surface area contributed by atoms with Crippen molar-refractivity contribution in [3.8, 4) is 22.8 Å². The third kappa shape index (κ3) is 2.69. The first kappa shape index (κ1) is 13.5. The summed E-state index contributed by atoms with van der Waals surface area (Å²) in [6.45, 7) is 4.23. The molecule has 0 radical (unpaired) electrons. The number of hydrogen-bond acceptors (Lipinski definition) is 4. The van der Waals surface area contributed by atoms with Gasteiger partial charge in [0.1, 0.15) is 5.69 Å². The molecule has 2 heterocycles. The fourth-order valence-corrected chi connectivity index (χ4v) is 2.05. The van der Waals surface area contributed by atoms with Gasteiger partial charge in [0.05, 0.1) is 5.69 Å². The molecule has 110 valence electrons. The summed E-state index contributed by atoms with van der Waals surface area (Å²) < 4.78 is 10.6. The van der Waals surface area contributed by atoms with E-state index in [1.807, 2.05) is 32.0 Å². The molecular weight excluding hydrogens is 270 g/mol. The molecule has 0 spiro atoms. The highest BCUT2D eigenvalue weighted by atomic mass is 16.7. The maximum atomic E-state index is 12.0. The topological polar surface area (TPSA) is 76.2 Å². The van der Waals surface area contributed by atoms with Crippen molar-refractivity contribution in [2.24, 2.45) is 0 Å². The molecule has 0 bridgehead atoms. The first-order valence-electron chi connectivity index (χ1n) is 6.93. The lowest BCUT2D eigenvalue weighted by molar-refractivity contribution is 0.0934. The van der Waals surface area contributed by atoms with E-state index in [2.05, 4.69) is 15.5 Å². The molecule has 1 amide bonds. The van der Waals surface area contributed by atoms with Crippen LogP contribution in [0.2, 0.25) is 0 Å². The maximum Gasteiger partial charge on any atom is 0.269 e. The Bertz CT molecular complexity index is 666. The maximum absolute atomic E-state index is 12.0. The molecule has 0 saturated heterocycles. The highest BCUT2D eigenvalue weighted by Gasteiger charge is 2.16. The number of H-pyrrole nitrogens is 1. The van der Waals surface area contributed by atoms with E-state index in [0.29, 0.717) is 17.1 Å². The fraction of sp³-hybridized carbons (Fsp3) is 0.333. The van der Waals surface area contributed by atoms with E-state index in [9.17, 15) is 4.79 Å². The van der Waals surface area contributed by atoms with E-state index in [4.69, 9.17) is 9.47 Å². The molecule has 1 aromatic carbocycles. The van der Waals surface area contributed by atoms with Crippen molar-refractivity contribution in [3.63, 3.8) is 0 Å². The number of fused-ring (bicyclic) bond motifs is 1. The average molecular weight is 287 g/mol. The van der Waals surface area contributed by atoms with Crippen molar-refractivity contribution in [1.82, 2.24) is 15.5 Å². The first-order chi connectivity index (χ1) is 10.2. The molecule has 2 aromatic rings. The minimum Gasteiger partial charge on any atom is -0.454 e. The molecule has 0 fully saturated rings. The minimum absolute atomic E-state index is 0.134. The van der Waals surface area contributed by atoms with Crippen LogP contribution in [0.15, 0.2) is 24.3 Å². The van der Waals surface area contributed by atoms with Crippen LogP contribution in [-0.2, 0) is 0 Å². The highest BCUT2D eigenvalue weighted by molar-refractivity contribution is 5.93. The molecule has 1 atom stereocenters. The van der Waals surface area contributed by atoms with E-state index in [1.54, 1.807) is 6.07 Å². The van der Waals surface area contributed by atoms with Crippen molar-refractivity contribution in [3.05, 3.63) is 30.0 Å². The van der Waals surface area contributed by atoms with Gasteiger partial charge in [-0.2, -0.15) is 5.10 Å². The lowest BCUT2D eigenvalue weighted by atomic mass is 10.1. The molecule has 1 unspecified atom stereocenters. The molecule has 3 rings (SSSR count). The quantitative estimate of drug-likeness (QED) is 0.905. The standard InChI is InChI=1S/C15H17N3O3/c1-3-9(2)16-15(19)12-7-11(17-18-12)10-4-5-13-14(6-10)21-8-20-13/h4-7,9H,3,8H2,1-2H3,(H,16,19)(H,17,18). The van der Waals surface area contributed by atoms with E-state index in [0.717, 1.165) is 17.7 Å². The molecule has 21 heavy (non-hydrogen) atoms. The van der Waals surface area contributed by atoms with Crippen LogP contribution in [0, 0.1) is 0 Å². The van der Waals surface area contributed by atoms with Crippen LogP contribution >= 0.6 is 0 Å². The lowest BCUT2D eigenvalue weighted by Gasteiger charge is -2.09. The molecule has 6 heteroatoms. The van der Waals surface area contributed by atoms with Gasteiger partial charge in [0.25, 0.3) is 5.91 Å². The molecular formula is C15H17N3O3. The van der Waals surface area contributed by atoms with Crippen molar-refractivity contribution in [1.29, 1.82) is 0 Å². The van der Waals surface area contributed by atoms with Crippen LogP contribution in [0.4, 0.5) is 0 Å². The Morgan fingerprint density at radius 1 is 1.38 bits per heavy atom. The summed E-state index contributed by atoms with van der Waals surface area (Å²) in [5, 5.41) is 9.85. The Hall–Kier alpha value is -2.50. The predicted octanol–water partition coefficient (Wildman–Crippen LogP) is 2.33. The summed E-state index contributed by atoms with van der Waals surface area (Å²) in [7, 11) is 0. The number of amides is 1. The number of carbonyl (C=O) groups is 1. The number of hydrogen-bond donors (Lipinski definition) is 2. The number of aromatic amines is 1. The van der Waals surface area contributed by atoms with Gasteiger partial charge in [-0.1, -0.05) is 6.92 Å². The molecule has 6 nitrogen and oxygen atoms in total. The van der Waals surface area contributed by atoms with Crippen LogP contribution in [0.5, 0.6) is 11.5 Å². The third-order valence-corrected chi connectivity index (χ3v) is 3.48. The minimum atomic E-state index is -0.149. The van der Waals surface area contributed by atoms with E-state index in [1.165, 1.54) is 0 Å². The smallest absolute Gasteiger partial charge is 0.269 e. The Morgan fingerprint density at radius 2 is 2.19 bits per heavy atom. The van der Waals surface area contributed by atoms with Gasteiger partial charge in [-0.15, -0.1) is 0 Å². The van der Waals surface area contributed by atoms with Crippen LogP contribution < -0.4 is 14.8 Å². The Balaban J connectivity index is 1.80. The zero-order valence-electron chi connectivity index (χ0n) is 12.0. The van der Waals surface area contributed by atoms with Crippen LogP contribution in [0.3, 0.4) is 0 Å². The molecule has 1 aromatic heterocycles. The predicted molar refractivity (Wildman–Crippen MR) is 77.4 cm³/mol. The Morgan fingerprint density at radius 3 is 3.00 bits per heavy atom. The second-order valence-electron chi connectivity index (χ2n) is 5.02. The van der Waals surface area contributed by atoms with E-state index in [-0.39, 0.29) is 18.7 Å². The van der Waals surface area contributed by atoms with Gasteiger partial charge in [-0.3, -0.25) is 9.89 Å². The average Bonchev–Trinajstić information content (AvgIpc) is 3.15. The van der Waals surface area contributed by atoms with Gasteiger partial charge in [0.15, 0.2) is 11.5 Å². The summed E-state index contributed by atoms with van der Waals surface area (Å²) in [6, 6.07) is 7.45. The number of carbonyl (C=O) groups excluding carboxylic acids is 1. The molecule has 2 N–H and O–H groups in total. The summed E-state index contributed by atoms with van der Waals surface area (Å²) in [5.41, 5.74) is 2.02. The largest absolute Gasteiger partial charge is 0.454 e. The number of ether oxygens (including phenoxy) is 2. The number of nitrogens with one attached hydrogen (secondary N) is 2. The summed E-state index contributed by atoms with van der Waals surface area (Å²) in [6.07, 6.45) is 0.884. The number of benzene rings is 1. The van der Waals surface area contributed by atoms with Crippen molar-refractivity contribution in [2.45, 2.75) is 26.3 Å². The molecule has 1 aliphatic heterocycles. The molecule has 0 saturated carbocycles. The SMILES string of the molecule is CCC(C)NC(=O)c1cc(-c2ccc3c(c2)OCO3)n[nH]1. The zero-order chi connectivity index (χ0) is 14.8. The van der Waals surface area contributed by atoms with Crippen molar-refractivity contribution >= 4 is 5.91 Å². The molecule has 0 aliphatic carbocycles. The van der Waals surface area contributed by atoms with Crippen molar-refractivity contribution < 1.29 is 14.3 Å². The fourth-order valence-electron chi connectivity index (χ4n) is 2.05.